The quantitative estimate of drug-likeness (QED) is 0.166. The second-order valence-corrected chi connectivity index (χ2v) is 0.455. The van der Waals surface area contributed by atoms with E-state index in [-0.39, 0.29) is 46.5 Å². The molecule has 0 atom stereocenters. The van der Waals surface area contributed by atoms with Gasteiger partial charge in [0.1, 0.15) is 0 Å². The molecule has 0 aliphatic carbocycles. The third kappa shape index (κ3) is 3010. The van der Waals surface area contributed by atoms with Crippen LogP contribution in [0.5, 0.6) is 0 Å². The molecule has 0 amide bonds. The molecule has 5 nitrogen and oxygen atoms in total. The molecule has 0 aromatic rings. The van der Waals surface area contributed by atoms with Crippen molar-refractivity contribution in [2.24, 2.45) is 11.5 Å². The summed E-state index contributed by atoms with van der Waals surface area (Å²) in [5.41, 5.74) is 8.94. The van der Waals surface area contributed by atoms with E-state index >= 15 is 0 Å². The van der Waals surface area contributed by atoms with E-state index in [1.807, 2.05) is 0 Å². The summed E-state index contributed by atoms with van der Waals surface area (Å²) in [6, 6.07) is 0. The fourth-order valence-corrected chi connectivity index (χ4v) is 0. The molecule has 0 bridgehead atoms. The number of nitrogens with one attached hydrogen (secondary N) is 1. The van der Waals surface area contributed by atoms with Gasteiger partial charge in [-0.25, -0.2) is 0 Å². The average Bonchev–Trinajstić information content (AvgIpc) is 0.811. The van der Waals surface area contributed by atoms with Crippen LogP contribution in [0.25, 0.3) is 0 Å². The standard InChI is InChI=1S/CH5N3.Na.2H2O/c2-1(3)4;;;/h(H5,2,3,4);;2*1H2/q;+1;;/p-1. The van der Waals surface area contributed by atoms with Gasteiger partial charge in [0.15, 0.2) is 5.96 Å². The van der Waals surface area contributed by atoms with Crippen LogP contribution in [0.4, 0.5) is 0 Å². The molecule has 0 aliphatic rings. The van der Waals surface area contributed by atoms with Crippen molar-refractivity contribution in [2.75, 3.05) is 0 Å². The molecule has 0 aromatic carbocycles. The van der Waals surface area contributed by atoms with Crippen LogP contribution in [0.15, 0.2) is 0 Å². The van der Waals surface area contributed by atoms with Gasteiger partial charge in [-0.05, 0) is 0 Å². The van der Waals surface area contributed by atoms with Crippen LogP contribution < -0.4 is 41.0 Å². The minimum Gasteiger partial charge on any atom is -0.870 e. The molecule has 6 heteroatoms. The summed E-state index contributed by atoms with van der Waals surface area (Å²) in [7, 11) is 0. The van der Waals surface area contributed by atoms with Gasteiger partial charge in [-0.3, -0.25) is 5.41 Å². The van der Waals surface area contributed by atoms with Crippen molar-refractivity contribution < 1.29 is 40.5 Å². The van der Waals surface area contributed by atoms with Crippen LogP contribution in [0.3, 0.4) is 0 Å². The minimum absolute atomic E-state index is 0. The Morgan fingerprint density at radius 2 is 1.29 bits per heavy atom. The molecular formula is CH8N3NaO2. The topological polar surface area (TPSA) is 137 Å². The summed E-state index contributed by atoms with van der Waals surface area (Å²) < 4.78 is 0. The molecule has 0 aromatic heterocycles. The Morgan fingerprint density at radius 1 is 1.29 bits per heavy atom. The maximum atomic E-state index is 6.06. The molecular weight excluding hydrogens is 109 g/mol. The molecule has 8 N–H and O–H groups in total. The largest absolute Gasteiger partial charge is 1.00 e. The number of guanidine groups is 1. The van der Waals surface area contributed by atoms with Gasteiger partial charge in [0.05, 0.1) is 0 Å². The SMILES string of the molecule is N=C(N)N.O.[Na+].[OH-]. The average molecular weight is 117 g/mol. The van der Waals surface area contributed by atoms with Crippen molar-refractivity contribution in [2.45, 2.75) is 0 Å². The molecule has 0 saturated heterocycles. The first-order valence-electron chi connectivity index (χ1n) is 0.827. The number of hydrogen-bond acceptors (Lipinski definition) is 2. The predicted octanol–water partition coefficient (Wildman–Crippen LogP) is -5.16. The van der Waals surface area contributed by atoms with Crippen LogP contribution in [0.2, 0.25) is 0 Å². The summed E-state index contributed by atoms with van der Waals surface area (Å²) in [5, 5.41) is 6.06. The van der Waals surface area contributed by atoms with Gasteiger partial charge in [-0.2, -0.15) is 0 Å². The molecule has 40 valence electrons. The van der Waals surface area contributed by atoms with Gasteiger partial charge in [0.2, 0.25) is 0 Å². The summed E-state index contributed by atoms with van der Waals surface area (Å²) in [5.74, 6) is -0.333. The van der Waals surface area contributed by atoms with Crippen LogP contribution in [0.1, 0.15) is 0 Å². The Labute approximate surface area is 63.5 Å². The summed E-state index contributed by atoms with van der Waals surface area (Å²) >= 11 is 0. The molecule has 7 heavy (non-hydrogen) atoms. The Morgan fingerprint density at radius 3 is 1.29 bits per heavy atom. The van der Waals surface area contributed by atoms with Gasteiger partial charge >= 0.3 is 29.6 Å². The minimum atomic E-state index is -0.333. The van der Waals surface area contributed by atoms with E-state index in [9.17, 15) is 0 Å². The Bertz CT molecular complexity index is 35.9. The molecule has 0 aliphatic heterocycles. The zero-order chi connectivity index (χ0) is 3.58. The summed E-state index contributed by atoms with van der Waals surface area (Å²) in [6.45, 7) is 0. The van der Waals surface area contributed by atoms with E-state index in [0.29, 0.717) is 0 Å². The van der Waals surface area contributed by atoms with Crippen molar-refractivity contribution >= 4 is 5.96 Å². The van der Waals surface area contributed by atoms with Gasteiger partial charge in [0, 0.05) is 0 Å². The summed E-state index contributed by atoms with van der Waals surface area (Å²) in [4.78, 5) is 0. The molecule has 0 saturated carbocycles. The van der Waals surface area contributed by atoms with E-state index in [1.54, 1.807) is 0 Å². The predicted molar refractivity (Wildman–Crippen MR) is 21.7 cm³/mol. The van der Waals surface area contributed by atoms with E-state index in [4.69, 9.17) is 5.41 Å². The van der Waals surface area contributed by atoms with Crippen molar-refractivity contribution in [3.05, 3.63) is 0 Å². The zero-order valence-electron chi connectivity index (χ0n) is 4.10. The Balaban J connectivity index is -0.0000000150. The third-order valence-electron chi connectivity index (χ3n) is 0. The number of nitrogens with two attached hydrogens (primary N) is 2. The summed E-state index contributed by atoms with van der Waals surface area (Å²) in [6.07, 6.45) is 0. The van der Waals surface area contributed by atoms with Crippen LogP contribution in [-0.2, 0) is 0 Å². The van der Waals surface area contributed by atoms with Gasteiger partial charge < -0.3 is 22.4 Å². The fraction of sp³-hybridized carbons (Fsp3) is 0. The Hall–Kier alpha value is 0.190. The molecule has 0 radical (unpaired) electrons. The van der Waals surface area contributed by atoms with Crippen LogP contribution in [0, 0.1) is 5.41 Å². The van der Waals surface area contributed by atoms with E-state index in [1.165, 1.54) is 0 Å². The normalized spacial score (nSPS) is 3.43. The van der Waals surface area contributed by atoms with Crippen molar-refractivity contribution in [1.29, 1.82) is 5.41 Å². The van der Waals surface area contributed by atoms with Crippen molar-refractivity contribution in [3.8, 4) is 0 Å². The van der Waals surface area contributed by atoms with Crippen LogP contribution in [-0.4, -0.2) is 16.9 Å². The first-order valence-corrected chi connectivity index (χ1v) is 0.827. The Kier molecular flexibility index (Phi) is 63.4. The fourth-order valence-electron chi connectivity index (χ4n) is 0. The van der Waals surface area contributed by atoms with Crippen LogP contribution >= 0.6 is 0 Å². The molecule has 0 heterocycles. The monoisotopic (exact) mass is 117 g/mol. The molecule has 0 fully saturated rings. The van der Waals surface area contributed by atoms with Gasteiger partial charge in [-0.1, -0.05) is 0 Å². The van der Waals surface area contributed by atoms with Crippen molar-refractivity contribution in [3.63, 3.8) is 0 Å². The zero-order valence-corrected chi connectivity index (χ0v) is 6.10. The second kappa shape index (κ2) is 16.4. The first kappa shape index (κ1) is 27.1. The maximum Gasteiger partial charge on any atom is 1.00 e. The molecule has 0 unspecified atom stereocenters. The first-order chi connectivity index (χ1) is 1.73. The number of hydrogen-bond donors (Lipinski definition) is 3. The maximum absolute atomic E-state index is 6.06. The van der Waals surface area contributed by atoms with Gasteiger partial charge in [0.25, 0.3) is 0 Å². The number of rotatable bonds is 0. The third-order valence-corrected chi connectivity index (χ3v) is 0. The van der Waals surface area contributed by atoms with Gasteiger partial charge in [-0.15, -0.1) is 0 Å². The molecule has 0 spiro atoms. The van der Waals surface area contributed by atoms with Crippen molar-refractivity contribution in [1.82, 2.24) is 0 Å². The second-order valence-electron chi connectivity index (χ2n) is 0.455. The smallest absolute Gasteiger partial charge is 0.870 e. The van der Waals surface area contributed by atoms with E-state index in [0.717, 1.165) is 0 Å². The molecule has 0 rings (SSSR count). The van der Waals surface area contributed by atoms with E-state index in [2.05, 4.69) is 11.5 Å². The van der Waals surface area contributed by atoms with E-state index < -0.39 is 0 Å².